The number of aryl methyl sites for hydroxylation is 1. The van der Waals surface area contributed by atoms with E-state index in [0.29, 0.717) is 38.3 Å². The summed E-state index contributed by atoms with van der Waals surface area (Å²) in [6.45, 7) is 8.83. The molecule has 0 saturated carbocycles. The van der Waals surface area contributed by atoms with Gasteiger partial charge in [-0.15, -0.1) is 0 Å². The van der Waals surface area contributed by atoms with Crippen molar-refractivity contribution in [2.75, 3.05) is 18.4 Å². The average molecular weight is 432 g/mol. The van der Waals surface area contributed by atoms with Gasteiger partial charge in [0, 0.05) is 17.8 Å². The quantitative estimate of drug-likeness (QED) is 0.494. The molecule has 1 N–H and O–H groups in total. The van der Waals surface area contributed by atoms with Crippen molar-refractivity contribution in [2.45, 2.75) is 27.3 Å². The predicted octanol–water partition coefficient (Wildman–Crippen LogP) is 6.05. The van der Waals surface area contributed by atoms with Crippen molar-refractivity contribution in [3.63, 3.8) is 0 Å². The van der Waals surface area contributed by atoms with Gasteiger partial charge in [0.05, 0.1) is 10.0 Å². The molecule has 1 amide bonds. The molecule has 0 radical (unpaired) electrons. The van der Waals surface area contributed by atoms with Gasteiger partial charge in [-0.1, -0.05) is 60.4 Å². The van der Waals surface area contributed by atoms with E-state index in [1.807, 2.05) is 24.3 Å². The highest BCUT2D eigenvalue weighted by atomic mass is 35.5. The summed E-state index contributed by atoms with van der Waals surface area (Å²) in [4.78, 5) is 15.3. The van der Waals surface area contributed by atoms with Gasteiger partial charge in [0.2, 0.25) is 0 Å². The lowest BCUT2D eigenvalue weighted by Gasteiger charge is -2.18. The van der Waals surface area contributed by atoms with Crippen molar-refractivity contribution in [1.29, 1.82) is 0 Å². The smallest absolute Gasteiger partial charge is 0.261 e. The number of carbonyl (C=O) groups excluding carboxylic acids is 1. The monoisotopic (exact) mass is 431 g/mol. The van der Waals surface area contributed by atoms with Crippen LogP contribution in [0.5, 0.6) is 0 Å². The third kappa shape index (κ3) is 4.81. The van der Waals surface area contributed by atoms with Crippen LogP contribution in [0, 0.1) is 6.92 Å². The number of nitrogens with zero attached hydrogens (tertiary/aromatic N) is 2. The molecule has 2 aromatic carbocycles. The van der Waals surface area contributed by atoms with Crippen molar-refractivity contribution in [3.05, 3.63) is 69.4 Å². The number of rotatable bonds is 7. The molecule has 0 aliphatic carbocycles. The fourth-order valence-electron chi connectivity index (χ4n) is 3.13. The molecule has 3 rings (SSSR count). The normalized spacial score (nSPS) is 11.1. The van der Waals surface area contributed by atoms with Crippen LogP contribution >= 0.6 is 23.2 Å². The third-order valence-electron chi connectivity index (χ3n) is 4.80. The molecule has 5 nitrogen and oxygen atoms in total. The van der Waals surface area contributed by atoms with Crippen LogP contribution in [0.25, 0.3) is 11.3 Å². The summed E-state index contributed by atoms with van der Waals surface area (Å²) >= 11 is 12.6. The first kappa shape index (κ1) is 21.4. The van der Waals surface area contributed by atoms with Crippen LogP contribution in [-0.4, -0.2) is 29.1 Å². The summed E-state index contributed by atoms with van der Waals surface area (Å²) in [7, 11) is 0. The number of benzene rings is 2. The van der Waals surface area contributed by atoms with Gasteiger partial charge in [0.25, 0.3) is 5.91 Å². The van der Waals surface area contributed by atoms with Gasteiger partial charge in [-0.2, -0.15) is 0 Å². The zero-order valence-corrected chi connectivity index (χ0v) is 18.1. The number of halogens is 2. The molecule has 152 valence electrons. The summed E-state index contributed by atoms with van der Waals surface area (Å²) in [5.41, 5.74) is 3.00. The van der Waals surface area contributed by atoms with E-state index in [4.69, 9.17) is 27.7 Å². The molecule has 0 fully saturated rings. The maximum Gasteiger partial charge on any atom is 0.261 e. The molecule has 0 unspecified atom stereocenters. The van der Waals surface area contributed by atoms with E-state index in [-0.39, 0.29) is 5.91 Å². The minimum atomic E-state index is -0.328. The highest BCUT2D eigenvalue weighted by Crippen LogP contribution is 2.37. The zero-order chi connectivity index (χ0) is 21.0. The summed E-state index contributed by atoms with van der Waals surface area (Å²) in [6, 6.07) is 12.9. The van der Waals surface area contributed by atoms with Gasteiger partial charge >= 0.3 is 0 Å². The van der Waals surface area contributed by atoms with Crippen molar-refractivity contribution < 1.29 is 9.32 Å². The highest BCUT2D eigenvalue weighted by molar-refractivity contribution is 6.39. The molecule has 0 atom stereocenters. The van der Waals surface area contributed by atoms with E-state index in [2.05, 4.69) is 29.2 Å². The lowest BCUT2D eigenvalue weighted by molar-refractivity contribution is 0.102. The second-order valence-electron chi connectivity index (χ2n) is 6.67. The second kappa shape index (κ2) is 9.44. The topological polar surface area (TPSA) is 58.4 Å². The van der Waals surface area contributed by atoms with Crippen LogP contribution in [0.15, 0.2) is 47.0 Å². The molecule has 0 aliphatic heterocycles. The largest absolute Gasteiger partial charge is 0.360 e. The van der Waals surface area contributed by atoms with E-state index in [0.717, 1.165) is 19.6 Å². The number of hydrogen-bond acceptors (Lipinski definition) is 4. The van der Waals surface area contributed by atoms with Crippen LogP contribution in [0.3, 0.4) is 0 Å². The number of aromatic nitrogens is 1. The Morgan fingerprint density at radius 1 is 1.07 bits per heavy atom. The van der Waals surface area contributed by atoms with Gasteiger partial charge in [0.15, 0.2) is 0 Å². The standard InChI is InChI=1S/C22H23Cl2N3O2/c1-4-27(5-2)13-15-9-11-16(12-10-15)25-22(28)19-14(3)29-26-21(19)20-17(23)7-6-8-18(20)24/h6-12H,4-5,13H2,1-3H3,(H,25,28). The molecule has 7 heteroatoms. The van der Waals surface area contributed by atoms with Gasteiger partial charge in [0.1, 0.15) is 17.0 Å². The summed E-state index contributed by atoms with van der Waals surface area (Å²) in [5, 5.41) is 7.74. The first-order valence-electron chi connectivity index (χ1n) is 9.47. The molecule has 0 bridgehead atoms. The first-order chi connectivity index (χ1) is 13.9. The number of amides is 1. The lowest BCUT2D eigenvalue weighted by atomic mass is 10.1. The summed E-state index contributed by atoms with van der Waals surface area (Å²) in [5.74, 6) is 0.0675. The molecule has 0 aliphatic rings. The van der Waals surface area contributed by atoms with Crippen LogP contribution in [-0.2, 0) is 6.54 Å². The lowest BCUT2D eigenvalue weighted by Crippen LogP contribution is -2.22. The Balaban J connectivity index is 1.83. The molecular formula is C22H23Cl2N3O2. The van der Waals surface area contributed by atoms with Crippen LogP contribution in [0.2, 0.25) is 10.0 Å². The van der Waals surface area contributed by atoms with E-state index in [1.165, 1.54) is 5.56 Å². The van der Waals surface area contributed by atoms with Gasteiger partial charge < -0.3 is 9.84 Å². The number of anilines is 1. The highest BCUT2D eigenvalue weighted by Gasteiger charge is 2.25. The van der Waals surface area contributed by atoms with Gasteiger partial charge in [-0.25, -0.2) is 0 Å². The molecule has 29 heavy (non-hydrogen) atoms. The van der Waals surface area contributed by atoms with E-state index in [9.17, 15) is 4.79 Å². The van der Waals surface area contributed by atoms with Gasteiger partial charge in [-0.05, 0) is 49.8 Å². The maximum absolute atomic E-state index is 13.0. The van der Waals surface area contributed by atoms with Crippen molar-refractivity contribution in [3.8, 4) is 11.3 Å². The number of hydrogen-bond donors (Lipinski definition) is 1. The number of nitrogens with one attached hydrogen (secondary N) is 1. The van der Waals surface area contributed by atoms with Crippen molar-refractivity contribution in [2.24, 2.45) is 0 Å². The Kier molecular flexibility index (Phi) is 6.96. The third-order valence-corrected chi connectivity index (χ3v) is 5.43. The van der Waals surface area contributed by atoms with Crippen LogP contribution < -0.4 is 5.32 Å². The van der Waals surface area contributed by atoms with Crippen LogP contribution in [0.1, 0.15) is 35.5 Å². The first-order valence-corrected chi connectivity index (χ1v) is 10.2. The fourth-order valence-corrected chi connectivity index (χ4v) is 3.70. The Morgan fingerprint density at radius 3 is 2.28 bits per heavy atom. The molecule has 0 spiro atoms. The molecule has 1 heterocycles. The Labute approximate surface area is 180 Å². The minimum Gasteiger partial charge on any atom is -0.360 e. The Bertz CT molecular complexity index is 976. The summed E-state index contributed by atoms with van der Waals surface area (Å²) < 4.78 is 5.27. The Morgan fingerprint density at radius 2 is 1.69 bits per heavy atom. The SMILES string of the molecule is CCN(CC)Cc1ccc(NC(=O)c2c(-c3c(Cl)cccc3Cl)noc2C)cc1. The minimum absolute atomic E-state index is 0.312. The molecule has 3 aromatic rings. The van der Waals surface area contributed by atoms with Crippen molar-refractivity contribution in [1.82, 2.24) is 10.1 Å². The van der Waals surface area contributed by atoms with Gasteiger partial charge in [-0.3, -0.25) is 9.69 Å². The predicted molar refractivity (Wildman–Crippen MR) is 118 cm³/mol. The average Bonchev–Trinajstić information content (AvgIpc) is 3.08. The van der Waals surface area contributed by atoms with E-state index >= 15 is 0 Å². The molecule has 1 aromatic heterocycles. The van der Waals surface area contributed by atoms with E-state index < -0.39 is 0 Å². The second-order valence-corrected chi connectivity index (χ2v) is 7.49. The number of carbonyl (C=O) groups is 1. The molecule has 0 saturated heterocycles. The Hall–Kier alpha value is -2.34. The zero-order valence-electron chi connectivity index (χ0n) is 16.6. The van der Waals surface area contributed by atoms with Crippen LogP contribution in [0.4, 0.5) is 5.69 Å². The fraction of sp³-hybridized carbons (Fsp3) is 0.273. The summed E-state index contributed by atoms with van der Waals surface area (Å²) in [6.07, 6.45) is 0. The maximum atomic E-state index is 13.0. The van der Waals surface area contributed by atoms with Crippen molar-refractivity contribution >= 4 is 34.8 Å². The molecular weight excluding hydrogens is 409 g/mol. The van der Waals surface area contributed by atoms with E-state index in [1.54, 1.807) is 25.1 Å².